The van der Waals surface area contributed by atoms with Gasteiger partial charge in [-0.15, -0.1) is 0 Å². The summed E-state index contributed by atoms with van der Waals surface area (Å²) in [7, 11) is 3.52. The second-order valence-electron chi connectivity index (χ2n) is 6.87. The molecular formula is C16H34N4O2. The SMILES string of the molecule is CCC(C)NC(=NC)NCC(C)CN(C)C(=O)OC(C)(C)C. The molecule has 22 heavy (non-hydrogen) atoms. The second-order valence-corrected chi connectivity index (χ2v) is 6.87. The highest BCUT2D eigenvalue weighted by molar-refractivity contribution is 5.79. The van der Waals surface area contributed by atoms with E-state index >= 15 is 0 Å². The number of hydrogen-bond acceptors (Lipinski definition) is 3. The van der Waals surface area contributed by atoms with E-state index in [9.17, 15) is 4.79 Å². The summed E-state index contributed by atoms with van der Waals surface area (Å²) in [6.45, 7) is 13.3. The average molecular weight is 314 g/mol. The third kappa shape index (κ3) is 9.47. The van der Waals surface area contributed by atoms with Gasteiger partial charge in [0.05, 0.1) is 0 Å². The van der Waals surface area contributed by atoms with E-state index in [0.717, 1.165) is 18.9 Å². The molecule has 0 aliphatic carbocycles. The minimum Gasteiger partial charge on any atom is -0.444 e. The molecule has 2 unspecified atom stereocenters. The van der Waals surface area contributed by atoms with Crippen molar-refractivity contribution in [3.8, 4) is 0 Å². The topological polar surface area (TPSA) is 66.0 Å². The Kier molecular flexibility index (Phi) is 8.90. The van der Waals surface area contributed by atoms with Crippen molar-refractivity contribution in [2.45, 2.75) is 59.6 Å². The standard InChI is InChI=1S/C16H34N4O2/c1-9-13(3)19-14(17-7)18-10-12(2)11-20(8)15(21)22-16(4,5)6/h12-13H,9-11H2,1-8H3,(H2,17,18,19). The fraction of sp³-hybridized carbons (Fsp3) is 0.875. The van der Waals surface area contributed by atoms with Gasteiger partial charge in [0.25, 0.3) is 0 Å². The van der Waals surface area contributed by atoms with Gasteiger partial charge in [-0.05, 0) is 40.0 Å². The average Bonchev–Trinajstić information content (AvgIpc) is 2.40. The van der Waals surface area contributed by atoms with Crippen molar-refractivity contribution in [2.75, 3.05) is 27.2 Å². The van der Waals surface area contributed by atoms with Crippen LogP contribution < -0.4 is 10.6 Å². The number of hydrogen-bond donors (Lipinski definition) is 2. The number of amides is 1. The van der Waals surface area contributed by atoms with Crippen LogP contribution in [0, 0.1) is 5.92 Å². The number of ether oxygens (including phenoxy) is 1. The molecule has 6 heteroatoms. The third-order valence-electron chi connectivity index (χ3n) is 3.13. The molecule has 0 aromatic rings. The zero-order chi connectivity index (χ0) is 17.3. The third-order valence-corrected chi connectivity index (χ3v) is 3.13. The Morgan fingerprint density at radius 3 is 2.36 bits per heavy atom. The molecule has 0 fully saturated rings. The first-order chi connectivity index (χ1) is 10.1. The molecule has 0 aliphatic heterocycles. The maximum Gasteiger partial charge on any atom is 0.410 e. The smallest absolute Gasteiger partial charge is 0.410 e. The summed E-state index contributed by atoms with van der Waals surface area (Å²) in [5.74, 6) is 1.08. The number of guanidine groups is 1. The molecule has 1 amide bonds. The lowest BCUT2D eigenvalue weighted by Gasteiger charge is -2.27. The van der Waals surface area contributed by atoms with E-state index in [1.807, 2.05) is 20.8 Å². The fourth-order valence-corrected chi connectivity index (χ4v) is 1.75. The molecule has 6 nitrogen and oxygen atoms in total. The first kappa shape index (κ1) is 20.5. The summed E-state index contributed by atoms with van der Waals surface area (Å²) in [5, 5.41) is 6.60. The molecule has 0 spiro atoms. The molecule has 0 aliphatic rings. The Balaban J connectivity index is 4.22. The number of nitrogens with zero attached hydrogens (tertiary/aromatic N) is 2. The van der Waals surface area contributed by atoms with Crippen LogP contribution in [0.15, 0.2) is 4.99 Å². The van der Waals surface area contributed by atoms with Gasteiger partial charge in [0.2, 0.25) is 0 Å². The molecule has 0 saturated heterocycles. The highest BCUT2D eigenvalue weighted by atomic mass is 16.6. The highest BCUT2D eigenvalue weighted by Gasteiger charge is 2.20. The van der Waals surface area contributed by atoms with Gasteiger partial charge in [0.1, 0.15) is 5.60 Å². The first-order valence-electron chi connectivity index (χ1n) is 8.00. The Labute approximate surface area is 135 Å². The van der Waals surface area contributed by atoms with Crippen molar-refractivity contribution < 1.29 is 9.53 Å². The predicted molar refractivity (Wildman–Crippen MR) is 92.3 cm³/mol. The van der Waals surface area contributed by atoms with E-state index in [1.165, 1.54) is 0 Å². The molecule has 0 radical (unpaired) electrons. The number of nitrogens with one attached hydrogen (secondary N) is 2. The van der Waals surface area contributed by atoms with Crippen LogP contribution in [0.25, 0.3) is 0 Å². The second kappa shape index (κ2) is 9.54. The van der Waals surface area contributed by atoms with E-state index in [2.05, 4.69) is 36.4 Å². The number of carbonyl (C=O) groups is 1. The Bertz CT molecular complexity index is 364. The summed E-state index contributed by atoms with van der Waals surface area (Å²) in [4.78, 5) is 17.7. The Hall–Kier alpha value is -1.46. The monoisotopic (exact) mass is 314 g/mol. The van der Waals surface area contributed by atoms with Crippen LogP contribution in [0.1, 0.15) is 48.0 Å². The normalized spacial score (nSPS) is 15.0. The largest absolute Gasteiger partial charge is 0.444 e. The van der Waals surface area contributed by atoms with Gasteiger partial charge < -0.3 is 20.3 Å². The van der Waals surface area contributed by atoms with Gasteiger partial charge in [0, 0.05) is 33.2 Å². The Morgan fingerprint density at radius 2 is 1.91 bits per heavy atom. The van der Waals surface area contributed by atoms with E-state index in [4.69, 9.17) is 4.74 Å². The molecule has 2 atom stereocenters. The van der Waals surface area contributed by atoms with Crippen LogP contribution in [0.2, 0.25) is 0 Å². The van der Waals surface area contributed by atoms with Crippen molar-refractivity contribution in [1.82, 2.24) is 15.5 Å². The molecular weight excluding hydrogens is 280 g/mol. The minimum absolute atomic E-state index is 0.285. The van der Waals surface area contributed by atoms with E-state index in [-0.39, 0.29) is 12.0 Å². The quantitative estimate of drug-likeness (QED) is 0.584. The first-order valence-corrected chi connectivity index (χ1v) is 8.00. The summed E-state index contributed by atoms with van der Waals surface area (Å²) in [5.41, 5.74) is -0.463. The molecule has 0 rings (SSSR count). The molecule has 0 saturated carbocycles. The molecule has 0 aromatic heterocycles. The zero-order valence-corrected chi connectivity index (χ0v) is 15.5. The van der Waals surface area contributed by atoms with Gasteiger partial charge >= 0.3 is 6.09 Å². The lowest BCUT2D eigenvalue weighted by Crippen LogP contribution is -2.45. The van der Waals surface area contributed by atoms with Gasteiger partial charge in [-0.3, -0.25) is 4.99 Å². The van der Waals surface area contributed by atoms with E-state index in [0.29, 0.717) is 12.6 Å². The van der Waals surface area contributed by atoms with E-state index in [1.54, 1.807) is 19.0 Å². The number of aliphatic imine (C=N–C) groups is 1. The number of rotatable bonds is 6. The number of carbonyl (C=O) groups excluding carboxylic acids is 1. The van der Waals surface area contributed by atoms with Crippen LogP contribution in [0.4, 0.5) is 4.79 Å². The van der Waals surface area contributed by atoms with Crippen LogP contribution in [0.5, 0.6) is 0 Å². The van der Waals surface area contributed by atoms with Crippen molar-refractivity contribution in [1.29, 1.82) is 0 Å². The maximum absolute atomic E-state index is 11.9. The lowest BCUT2D eigenvalue weighted by atomic mass is 10.1. The van der Waals surface area contributed by atoms with Crippen LogP contribution in [-0.4, -0.2) is 55.8 Å². The summed E-state index contributed by atoms with van der Waals surface area (Å²) in [6, 6.07) is 0.381. The fourth-order valence-electron chi connectivity index (χ4n) is 1.75. The molecule has 0 heterocycles. The van der Waals surface area contributed by atoms with Crippen LogP contribution in [0.3, 0.4) is 0 Å². The summed E-state index contributed by atoms with van der Waals surface area (Å²) in [6.07, 6.45) is 0.749. The minimum atomic E-state index is -0.463. The van der Waals surface area contributed by atoms with Crippen LogP contribution in [-0.2, 0) is 4.74 Å². The van der Waals surface area contributed by atoms with Gasteiger partial charge in [-0.1, -0.05) is 13.8 Å². The molecule has 130 valence electrons. The van der Waals surface area contributed by atoms with E-state index < -0.39 is 5.60 Å². The summed E-state index contributed by atoms with van der Waals surface area (Å²) >= 11 is 0. The van der Waals surface area contributed by atoms with Crippen molar-refractivity contribution >= 4 is 12.1 Å². The van der Waals surface area contributed by atoms with Gasteiger partial charge in [-0.25, -0.2) is 4.79 Å². The Morgan fingerprint density at radius 1 is 1.32 bits per heavy atom. The van der Waals surface area contributed by atoms with Crippen LogP contribution >= 0.6 is 0 Å². The maximum atomic E-state index is 11.9. The molecule has 2 N–H and O–H groups in total. The molecule has 0 bridgehead atoms. The lowest BCUT2D eigenvalue weighted by molar-refractivity contribution is 0.0278. The van der Waals surface area contributed by atoms with Crippen molar-refractivity contribution in [2.24, 2.45) is 10.9 Å². The molecule has 0 aromatic carbocycles. The van der Waals surface area contributed by atoms with Crippen molar-refractivity contribution in [3.05, 3.63) is 0 Å². The van der Waals surface area contributed by atoms with Gasteiger partial charge in [0.15, 0.2) is 5.96 Å². The predicted octanol–water partition coefficient (Wildman–Crippen LogP) is 2.45. The summed E-state index contributed by atoms with van der Waals surface area (Å²) < 4.78 is 5.34. The van der Waals surface area contributed by atoms with Crippen molar-refractivity contribution in [3.63, 3.8) is 0 Å². The van der Waals surface area contributed by atoms with Gasteiger partial charge in [-0.2, -0.15) is 0 Å². The highest BCUT2D eigenvalue weighted by Crippen LogP contribution is 2.10. The zero-order valence-electron chi connectivity index (χ0n) is 15.5.